The lowest BCUT2D eigenvalue weighted by molar-refractivity contribution is -0.250. The first-order valence-electron chi connectivity index (χ1n) is 11.4. The average molecular weight is 546 g/mol. The normalized spacial score (nSPS) is 25.9. The Bertz CT molecular complexity index is 1130. The zero-order valence-corrected chi connectivity index (χ0v) is 21.5. The van der Waals surface area contributed by atoms with Gasteiger partial charge in [-0.3, -0.25) is 14.5 Å². The number of carboxylic acid groups (broad SMARTS) is 1. The van der Waals surface area contributed by atoms with Gasteiger partial charge in [0.2, 0.25) is 11.7 Å². The van der Waals surface area contributed by atoms with Crippen LogP contribution in [-0.4, -0.2) is 44.8 Å². The standard InChI is InChI=1S/C26H28Cl2F3NO4/c1-4-26(31,25(3,36)22(29)30)32-21(15-8-10-17(27)11-9-15)19(16-6-5-7-18(28)12-16)13-24(2,23(32)35)14-20(33)34/h5-12,19,21-22,36H,4,13-14H2,1-3H3,(H,33,34)/t19-,21-,24-,25?,26-/m1/s1. The van der Waals surface area contributed by atoms with Crippen LogP contribution in [0, 0.1) is 5.41 Å². The average Bonchev–Trinajstić information content (AvgIpc) is 2.80. The van der Waals surface area contributed by atoms with Gasteiger partial charge in [0, 0.05) is 22.4 Å². The van der Waals surface area contributed by atoms with E-state index in [1.165, 1.54) is 26.0 Å². The van der Waals surface area contributed by atoms with Crippen LogP contribution in [0.3, 0.4) is 0 Å². The quantitative estimate of drug-likeness (QED) is 0.365. The molecule has 1 amide bonds. The van der Waals surface area contributed by atoms with Crippen molar-refractivity contribution in [2.24, 2.45) is 5.41 Å². The van der Waals surface area contributed by atoms with Crippen LogP contribution in [0.2, 0.25) is 10.0 Å². The Kier molecular flexibility index (Phi) is 8.04. The van der Waals surface area contributed by atoms with E-state index in [4.69, 9.17) is 23.2 Å². The van der Waals surface area contributed by atoms with Gasteiger partial charge in [0.15, 0.2) is 5.60 Å². The molecule has 2 N–H and O–H groups in total. The van der Waals surface area contributed by atoms with Crippen molar-refractivity contribution in [2.45, 2.75) is 69.8 Å². The van der Waals surface area contributed by atoms with E-state index in [0.717, 1.165) is 0 Å². The van der Waals surface area contributed by atoms with Crippen molar-refractivity contribution >= 4 is 35.1 Å². The van der Waals surface area contributed by atoms with Crippen LogP contribution in [0.1, 0.15) is 63.1 Å². The summed E-state index contributed by atoms with van der Waals surface area (Å²) in [6.45, 7) is 3.27. The summed E-state index contributed by atoms with van der Waals surface area (Å²) in [5.41, 5.74) is -3.98. The van der Waals surface area contributed by atoms with Gasteiger partial charge in [-0.2, -0.15) is 0 Å². The van der Waals surface area contributed by atoms with Gasteiger partial charge in [0.25, 0.3) is 6.43 Å². The second-order valence-corrected chi connectivity index (χ2v) is 10.6. The molecule has 2 aromatic rings. The SMILES string of the molecule is CC[C@@](F)(N1C(=O)[C@@](C)(CC(=O)O)C[C@H](c2cccc(Cl)c2)[C@H]1c1ccc(Cl)cc1)C(C)(O)C(F)F. The molecule has 0 aromatic heterocycles. The topological polar surface area (TPSA) is 77.8 Å². The Morgan fingerprint density at radius 2 is 1.78 bits per heavy atom. The molecule has 196 valence electrons. The maximum atomic E-state index is 16.9. The highest BCUT2D eigenvalue weighted by Gasteiger charge is 2.64. The van der Waals surface area contributed by atoms with E-state index in [9.17, 15) is 28.6 Å². The fraction of sp³-hybridized carbons (Fsp3) is 0.462. The van der Waals surface area contributed by atoms with Crippen molar-refractivity contribution in [1.82, 2.24) is 4.90 Å². The number of amides is 1. The van der Waals surface area contributed by atoms with Crippen molar-refractivity contribution < 1.29 is 33.0 Å². The lowest BCUT2D eigenvalue weighted by atomic mass is 9.66. The number of carboxylic acids is 1. The number of benzene rings is 2. The van der Waals surface area contributed by atoms with E-state index in [1.807, 2.05) is 0 Å². The molecule has 1 aliphatic rings. The molecule has 3 rings (SSSR count). The number of nitrogens with zero attached hydrogens (tertiary/aromatic N) is 1. The number of alkyl halides is 3. The van der Waals surface area contributed by atoms with Crippen molar-refractivity contribution in [2.75, 3.05) is 0 Å². The summed E-state index contributed by atoms with van der Waals surface area (Å²) in [6.07, 6.45) is -4.91. The monoisotopic (exact) mass is 545 g/mol. The van der Waals surface area contributed by atoms with Crippen LogP contribution in [0.25, 0.3) is 0 Å². The molecule has 0 aliphatic carbocycles. The van der Waals surface area contributed by atoms with Crippen molar-refractivity contribution in [3.63, 3.8) is 0 Å². The Morgan fingerprint density at radius 3 is 2.28 bits per heavy atom. The van der Waals surface area contributed by atoms with Crippen LogP contribution in [0.5, 0.6) is 0 Å². The van der Waals surface area contributed by atoms with Crippen LogP contribution < -0.4 is 0 Å². The second kappa shape index (κ2) is 10.2. The Balaban J connectivity index is 2.37. The number of carbonyl (C=O) groups excluding carboxylic acids is 1. The highest BCUT2D eigenvalue weighted by Crippen LogP contribution is 2.56. The van der Waals surface area contributed by atoms with Crippen molar-refractivity contribution in [3.05, 3.63) is 69.7 Å². The molecular formula is C26H28Cl2F3NO4. The van der Waals surface area contributed by atoms with E-state index in [0.29, 0.717) is 33.0 Å². The van der Waals surface area contributed by atoms with E-state index in [1.54, 1.807) is 36.4 Å². The van der Waals surface area contributed by atoms with Crippen molar-refractivity contribution in [1.29, 1.82) is 0 Å². The van der Waals surface area contributed by atoms with E-state index in [2.05, 4.69) is 0 Å². The van der Waals surface area contributed by atoms with Crippen LogP contribution in [-0.2, 0) is 9.59 Å². The molecule has 1 fully saturated rings. The number of hydrogen-bond donors (Lipinski definition) is 2. The molecule has 0 bridgehead atoms. The lowest BCUT2D eigenvalue weighted by Crippen LogP contribution is -2.69. The number of likely N-dealkylation sites (tertiary alicyclic amines) is 1. The van der Waals surface area contributed by atoms with Gasteiger partial charge in [0.1, 0.15) is 0 Å². The predicted molar refractivity (Wildman–Crippen MR) is 131 cm³/mol. The third kappa shape index (κ3) is 4.95. The highest BCUT2D eigenvalue weighted by molar-refractivity contribution is 6.30. The van der Waals surface area contributed by atoms with Crippen LogP contribution in [0.4, 0.5) is 13.2 Å². The zero-order chi connectivity index (χ0) is 27.1. The molecule has 0 saturated carbocycles. The first-order chi connectivity index (χ1) is 16.7. The van der Waals surface area contributed by atoms with Gasteiger partial charge in [-0.15, -0.1) is 0 Å². The molecule has 2 aromatic carbocycles. The van der Waals surface area contributed by atoms with Gasteiger partial charge in [0.05, 0.1) is 17.9 Å². The molecule has 1 unspecified atom stereocenters. The number of carbonyl (C=O) groups is 2. The van der Waals surface area contributed by atoms with Gasteiger partial charge >= 0.3 is 5.97 Å². The predicted octanol–water partition coefficient (Wildman–Crippen LogP) is 6.62. The van der Waals surface area contributed by atoms with Gasteiger partial charge < -0.3 is 10.2 Å². The summed E-state index contributed by atoms with van der Waals surface area (Å²) in [5, 5.41) is 21.1. The number of aliphatic carboxylic acids is 1. The molecule has 1 heterocycles. The molecular weight excluding hydrogens is 518 g/mol. The Hall–Kier alpha value is -2.29. The first-order valence-corrected chi connectivity index (χ1v) is 12.2. The van der Waals surface area contributed by atoms with Gasteiger partial charge in [-0.1, -0.05) is 61.3 Å². The first kappa shape index (κ1) is 28.3. The van der Waals surface area contributed by atoms with Crippen LogP contribution in [0.15, 0.2) is 48.5 Å². The zero-order valence-electron chi connectivity index (χ0n) is 20.0. The van der Waals surface area contributed by atoms with E-state index < -0.39 is 59.9 Å². The number of piperidine rings is 1. The number of rotatable bonds is 8. The fourth-order valence-electron chi connectivity index (χ4n) is 5.16. The number of aliphatic hydroxyl groups is 1. The molecule has 0 spiro atoms. The van der Waals surface area contributed by atoms with Gasteiger partial charge in [-0.25, -0.2) is 13.2 Å². The second-order valence-electron chi connectivity index (χ2n) is 9.73. The van der Waals surface area contributed by atoms with Crippen LogP contribution >= 0.6 is 23.2 Å². The maximum Gasteiger partial charge on any atom is 0.304 e. The molecule has 1 aliphatic heterocycles. The molecule has 36 heavy (non-hydrogen) atoms. The lowest BCUT2D eigenvalue weighted by Gasteiger charge is -2.56. The molecule has 5 nitrogen and oxygen atoms in total. The summed E-state index contributed by atoms with van der Waals surface area (Å²) >= 11 is 12.3. The van der Waals surface area contributed by atoms with E-state index >= 15 is 4.39 Å². The minimum atomic E-state index is -3.54. The summed E-state index contributed by atoms with van der Waals surface area (Å²) in [4.78, 5) is 26.4. The molecule has 5 atom stereocenters. The fourth-order valence-corrected chi connectivity index (χ4v) is 5.49. The third-order valence-corrected chi connectivity index (χ3v) is 7.63. The minimum Gasteiger partial charge on any atom is -0.481 e. The highest BCUT2D eigenvalue weighted by atomic mass is 35.5. The molecule has 1 saturated heterocycles. The number of halogens is 5. The summed E-state index contributed by atoms with van der Waals surface area (Å²) in [7, 11) is 0. The smallest absolute Gasteiger partial charge is 0.304 e. The largest absolute Gasteiger partial charge is 0.481 e. The number of hydrogen-bond acceptors (Lipinski definition) is 3. The third-order valence-electron chi connectivity index (χ3n) is 7.15. The van der Waals surface area contributed by atoms with Crippen molar-refractivity contribution in [3.8, 4) is 0 Å². The maximum absolute atomic E-state index is 16.9. The molecule has 10 heteroatoms. The Morgan fingerprint density at radius 1 is 1.17 bits per heavy atom. The molecule has 0 radical (unpaired) electrons. The summed E-state index contributed by atoms with van der Waals surface area (Å²) in [5.74, 6) is -6.28. The summed E-state index contributed by atoms with van der Waals surface area (Å²) < 4.78 is 45.1. The Labute approximate surface area is 217 Å². The summed E-state index contributed by atoms with van der Waals surface area (Å²) in [6, 6.07) is 11.6. The van der Waals surface area contributed by atoms with E-state index in [-0.39, 0.29) is 6.42 Å². The minimum absolute atomic E-state index is 0.0289. The van der Waals surface area contributed by atoms with Gasteiger partial charge in [-0.05, 0) is 48.7 Å².